The molecule has 1 amide bonds. The van der Waals surface area contributed by atoms with Crippen molar-refractivity contribution >= 4 is 12.4 Å². The first-order chi connectivity index (χ1) is 5.93. The molecule has 0 saturated carbocycles. The van der Waals surface area contributed by atoms with Gasteiger partial charge in [-0.05, 0) is 5.41 Å². The van der Waals surface area contributed by atoms with Crippen LogP contribution in [0, 0.1) is 5.41 Å². The third-order valence-electron chi connectivity index (χ3n) is 1.81. The first kappa shape index (κ1) is 14.5. The molecule has 0 aliphatic carbocycles. The second-order valence-corrected chi connectivity index (χ2v) is 3.41. The average Bonchev–Trinajstić information content (AvgIpc) is 2.05. The molecule has 0 heterocycles. The Kier molecular flexibility index (Phi) is 8.44. The summed E-state index contributed by atoms with van der Waals surface area (Å²) in [7, 11) is 1.42. The van der Waals surface area contributed by atoms with Crippen molar-refractivity contribution < 1.29 is 14.3 Å². The Labute approximate surface area is 79.4 Å². The number of esters is 1. The highest BCUT2D eigenvalue weighted by Crippen LogP contribution is 2.24. The monoisotopic (exact) mass is 189 g/mol. The Hall–Kier alpha value is -1.06. The summed E-state index contributed by atoms with van der Waals surface area (Å²) in [5, 5.41) is 0. The van der Waals surface area contributed by atoms with E-state index in [9.17, 15) is 4.79 Å². The quantitative estimate of drug-likeness (QED) is 0.533. The zero-order chi connectivity index (χ0) is 10.9. The smallest absolute Gasteiger partial charge is 0.306 e. The Morgan fingerprint density at radius 3 is 2.15 bits per heavy atom. The van der Waals surface area contributed by atoms with Crippen LogP contribution in [-0.2, 0) is 14.3 Å². The summed E-state index contributed by atoms with van der Waals surface area (Å²) < 4.78 is 4.55. The SMILES string of the molecule is CCC(C)(C)CC(=O)OC.NC=O. The van der Waals surface area contributed by atoms with Gasteiger partial charge in [0, 0.05) is 0 Å². The van der Waals surface area contributed by atoms with Gasteiger partial charge in [0.1, 0.15) is 0 Å². The molecule has 0 aliphatic rings. The fourth-order valence-electron chi connectivity index (χ4n) is 0.588. The molecule has 0 fully saturated rings. The highest BCUT2D eigenvalue weighted by molar-refractivity contribution is 5.69. The topological polar surface area (TPSA) is 69.4 Å². The number of amides is 1. The first-order valence-electron chi connectivity index (χ1n) is 4.15. The summed E-state index contributed by atoms with van der Waals surface area (Å²) in [6.07, 6.45) is 1.77. The lowest BCUT2D eigenvalue weighted by Crippen LogP contribution is -2.16. The van der Waals surface area contributed by atoms with E-state index in [0.717, 1.165) is 6.42 Å². The van der Waals surface area contributed by atoms with Crippen molar-refractivity contribution in [3.8, 4) is 0 Å². The minimum absolute atomic E-state index is 0.0904. The van der Waals surface area contributed by atoms with Crippen LogP contribution >= 0.6 is 0 Å². The summed E-state index contributed by atoms with van der Waals surface area (Å²) in [5.74, 6) is -0.119. The molecule has 78 valence electrons. The standard InChI is InChI=1S/C8H16O2.CH3NO/c1-5-8(2,3)6-7(9)10-4;2-1-3/h5-6H2,1-4H3;1H,(H2,2,3). The molecule has 0 unspecified atom stereocenters. The number of hydrogen-bond donors (Lipinski definition) is 1. The molecule has 0 aromatic carbocycles. The number of rotatable bonds is 3. The van der Waals surface area contributed by atoms with Gasteiger partial charge >= 0.3 is 5.97 Å². The minimum Gasteiger partial charge on any atom is -0.469 e. The minimum atomic E-state index is -0.119. The molecule has 0 saturated heterocycles. The lowest BCUT2D eigenvalue weighted by Gasteiger charge is -2.19. The molecule has 0 bridgehead atoms. The molecular formula is C9H19NO3. The molecule has 4 heteroatoms. The van der Waals surface area contributed by atoms with Crippen LogP contribution in [-0.4, -0.2) is 19.5 Å². The van der Waals surface area contributed by atoms with E-state index in [-0.39, 0.29) is 17.8 Å². The Morgan fingerprint density at radius 1 is 1.54 bits per heavy atom. The van der Waals surface area contributed by atoms with Crippen molar-refractivity contribution in [2.24, 2.45) is 11.1 Å². The van der Waals surface area contributed by atoms with E-state index in [2.05, 4.69) is 31.2 Å². The molecule has 0 atom stereocenters. The summed E-state index contributed by atoms with van der Waals surface area (Å²) in [6, 6.07) is 0. The van der Waals surface area contributed by atoms with Crippen LogP contribution < -0.4 is 5.73 Å². The molecule has 13 heavy (non-hydrogen) atoms. The summed E-state index contributed by atoms with van der Waals surface area (Å²) in [5.41, 5.74) is 4.26. The second-order valence-electron chi connectivity index (χ2n) is 3.41. The van der Waals surface area contributed by atoms with Crippen LogP contribution in [0.2, 0.25) is 0 Å². The van der Waals surface area contributed by atoms with Crippen LogP contribution in [0.25, 0.3) is 0 Å². The van der Waals surface area contributed by atoms with Crippen LogP contribution in [0.4, 0.5) is 0 Å². The Balaban J connectivity index is 0. The number of hydrogen-bond acceptors (Lipinski definition) is 3. The fourth-order valence-corrected chi connectivity index (χ4v) is 0.588. The van der Waals surface area contributed by atoms with E-state index >= 15 is 0 Å². The highest BCUT2D eigenvalue weighted by Gasteiger charge is 2.19. The van der Waals surface area contributed by atoms with Crippen molar-refractivity contribution in [2.45, 2.75) is 33.6 Å². The highest BCUT2D eigenvalue weighted by atomic mass is 16.5. The van der Waals surface area contributed by atoms with Crippen molar-refractivity contribution in [3.63, 3.8) is 0 Å². The summed E-state index contributed by atoms with van der Waals surface area (Å²) in [6.45, 7) is 6.19. The van der Waals surface area contributed by atoms with Gasteiger partial charge in [0.25, 0.3) is 0 Å². The molecule has 0 aromatic rings. The molecular weight excluding hydrogens is 170 g/mol. The van der Waals surface area contributed by atoms with Crippen LogP contribution in [0.5, 0.6) is 0 Å². The van der Waals surface area contributed by atoms with E-state index in [1.165, 1.54) is 7.11 Å². The number of ether oxygens (including phenoxy) is 1. The Bertz CT molecular complexity index is 155. The lowest BCUT2D eigenvalue weighted by atomic mass is 9.87. The van der Waals surface area contributed by atoms with Gasteiger partial charge in [0.15, 0.2) is 0 Å². The predicted molar refractivity (Wildman–Crippen MR) is 51.0 cm³/mol. The van der Waals surface area contributed by atoms with Crippen molar-refractivity contribution in [3.05, 3.63) is 0 Å². The van der Waals surface area contributed by atoms with Gasteiger partial charge in [-0.15, -0.1) is 0 Å². The van der Waals surface area contributed by atoms with Crippen LogP contribution in [0.3, 0.4) is 0 Å². The van der Waals surface area contributed by atoms with Gasteiger partial charge in [-0.3, -0.25) is 9.59 Å². The van der Waals surface area contributed by atoms with E-state index < -0.39 is 0 Å². The van der Waals surface area contributed by atoms with Gasteiger partial charge < -0.3 is 10.5 Å². The second kappa shape index (κ2) is 7.58. The number of nitrogens with two attached hydrogens (primary N) is 1. The van der Waals surface area contributed by atoms with Crippen LogP contribution in [0.1, 0.15) is 33.6 Å². The third kappa shape index (κ3) is 10.9. The zero-order valence-electron chi connectivity index (χ0n) is 8.79. The number of carbonyl (C=O) groups is 2. The first-order valence-corrected chi connectivity index (χ1v) is 4.15. The van der Waals surface area contributed by atoms with E-state index in [1.807, 2.05) is 0 Å². The molecule has 0 radical (unpaired) electrons. The molecule has 0 rings (SSSR count). The van der Waals surface area contributed by atoms with Gasteiger partial charge in [0.05, 0.1) is 13.5 Å². The maximum Gasteiger partial charge on any atom is 0.306 e. The van der Waals surface area contributed by atoms with Gasteiger partial charge in [-0.1, -0.05) is 27.2 Å². The normalized spacial score (nSPS) is 9.54. The number of carbonyl (C=O) groups excluding carboxylic acids is 2. The zero-order valence-corrected chi connectivity index (χ0v) is 8.79. The molecule has 2 N–H and O–H groups in total. The number of methoxy groups -OCH3 is 1. The van der Waals surface area contributed by atoms with Gasteiger partial charge in [-0.2, -0.15) is 0 Å². The fraction of sp³-hybridized carbons (Fsp3) is 0.778. The molecule has 0 spiro atoms. The molecule has 4 nitrogen and oxygen atoms in total. The maximum absolute atomic E-state index is 10.8. The van der Waals surface area contributed by atoms with E-state index in [0.29, 0.717) is 6.42 Å². The van der Waals surface area contributed by atoms with E-state index in [1.54, 1.807) is 0 Å². The summed E-state index contributed by atoms with van der Waals surface area (Å²) in [4.78, 5) is 19.3. The van der Waals surface area contributed by atoms with Crippen molar-refractivity contribution in [2.75, 3.05) is 7.11 Å². The number of primary amides is 1. The van der Waals surface area contributed by atoms with Gasteiger partial charge in [0.2, 0.25) is 6.41 Å². The average molecular weight is 189 g/mol. The predicted octanol–water partition coefficient (Wildman–Crippen LogP) is 1.09. The Morgan fingerprint density at radius 2 is 1.92 bits per heavy atom. The molecule has 0 aromatic heterocycles. The lowest BCUT2D eigenvalue weighted by molar-refractivity contribution is -0.142. The van der Waals surface area contributed by atoms with E-state index in [4.69, 9.17) is 4.79 Å². The van der Waals surface area contributed by atoms with Crippen LogP contribution in [0.15, 0.2) is 0 Å². The largest absolute Gasteiger partial charge is 0.469 e. The van der Waals surface area contributed by atoms with Crippen molar-refractivity contribution in [1.82, 2.24) is 0 Å². The molecule has 0 aliphatic heterocycles. The third-order valence-corrected chi connectivity index (χ3v) is 1.81. The maximum atomic E-state index is 10.8. The van der Waals surface area contributed by atoms with Crippen molar-refractivity contribution in [1.29, 1.82) is 0 Å². The van der Waals surface area contributed by atoms with Gasteiger partial charge in [-0.25, -0.2) is 0 Å². The summed E-state index contributed by atoms with van der Waals surface area (Å²) >= 11 is 0.